The lowest BCUT2D eigenvalue weighted by Gasteiger charge is -2.19. The highest BCUT2D eigenvalue weighted by atomic mass is 16.2. The molecule has 0 aromatic heterocycles. The summed E-state index contributed by atoms with van der Waals surface area (Å²) in [6.45, 7) is 5.13. The summed E-state index contributed by atoms with van der Waals surface area (Å²) in [4.78, 5) is 13.5. The van der Waals surface area contributed by atoms with E-state index in [1.165, 1.54) is 0 Å². The van der Waals surface area contributed by atoms with E-state index in [4.69, 9.17) is 5.26 Å². The summed E-state index contributed by atoms with van der Waals surface area (Å²) in [6.07, 6.45) is 0. The minimum absolute atomic E-state index is 0.00978. The van der Waals surface area contributed by atoms with Crippen molar-refractivity contribution in [3.8, 4) is 6.07 Å². The van der Waals surface area contributed by atoms with Gasteiger partial charge in [-0.3, -0.25) is 4.79 Å². The number of carbonyl (C=O) groups excluding carboxylic acids is 1. The van der Waals surface area contributed by atoms with Crippen LogP contribution in [0.25, 0.3) is 0 Å². The molecular formula is C14H19N3O. The molecule has 1 rings (SSSR count). The van der Waals surface area contributed by atoms with Crippen LogP contribution in [0.15, 0.2) is 24.3 Å². The third-order valence-electron chi connectivity index (χ3n) is 2.53. The molecule has 0 radical (unpaired) electrons. The average molecular weight is 245 g/mol. The molecule has 0 fully saturated rings. The Bertz CT molecular complexity index is 431. The Morgan fingerprint density at radius 2 is 2.00 bits per heavy atom. The number of rotatable bonds is 5. The van der Waals surface area contributed by atoms with E-state index in [1.807, 2.05) is 24.1 Å². The van der Waals surface area contributed by atoms with Gasteiger partial charge < -0.3 is 10.2 Å². The number of nitriles is 1. The Kier molecular flexibility index (Phi) is 5.19. The Morgan fingerprint density at radius 1 is 1.39 bits per heavy atom. The molecule has 1 amide bonds. The van der Waals surface area contributed by atoms with Crippen LogP contribution >= 0.6 is 0 Å². The largest absolute Gasteiger partial charge is 0.365 e. The molecule has 1 aromatic rings. The lowest BCUT2D eigenvalue weighted by molar-refractivity contribution is -0.119. The van der Waals surface area contributed by atoms with Crippen LogP contribution < -0.4 is 10.2 Å². The molecule has 0 spiro atoms. The number of amides is 1. The first kappa shape index (κ1) is 14.0. The number of hydrogen-bond acceptors (Lipinski definition) is 3. The highest BCUT2D eigenvalue weighted by Gasteiger charge is 2.07. The van der Waals surface area contributed by atoms with Crippen molar-refractivity contribution in [2.24, 2.45) is 5.92 Å². The number of hydrogen-bond donors (Lipinski definition) is 1. The summed E-state index contributed by atoms with van der Waals surface area (Å²) in [6, 6.07) is 9.25. The summed E-state index contributed by atoms with van der Waals surface area (Å²) in [5, 5.41) is 11.6. The first-order chi connectivity index (χ1) is 8.52. The van der Waals surface area contributed by atoms with Crippen LogP contribution in [0.4, 0.5) is 5.69 Å². The van der Waals surface area contributed by atoms with Crippen molar-refractivity contribution in [3.05, 3.63) is 29.8 Å². The van der Waals surface area contributed by atoms with Crippen molar-refractivity contribution < 1.29 is 4.79 Å². The average Bonchev–Trinajstić information content (AvgIpc) is 2.36. The lowest BCUT2D eigenvalue weighted by Crippen LogP contribution is -2.36. The number of anilines is 1. The molecule has 0 saturated heterocycles. The Morgan fingerprint density at radius 3 is 2.50 bits per heavy atom. The number of carbonyl (C=O) groups is 1. The van der Waals surface area contributed by atoms with Gasteiger partial charge in [-0.25, -0.2) is 0 Å². The van der Waals surface area contributed by atoms with Gasteiger partial charge >= 0.3 is 0 Å². The lowest BCUT2D eigenvalue weighted by atomic mass is 10.2. The summed E-state index contributed by atoms with van der Waals surface area (Å²) in [7, 11) is 1.86. The molecule has 0 bridgehead atoms. The molecule has 4 heteroatoms. The molecule has 0 unspecified atom stereocenters. The van der Waals surface area contributed by atoms with Gasteiger partial charge in [0, 0.05) is 19.3 Å². The van der Waals surface area contributed by atoms with Gasteiger partial charge in [-0.1, -0.05) is 13.8 Å². The summed E-state index contributed by atoms with van der Waals surface area (Å²) in [5.41, 5.74) is 1.55. The van der Waals surface area contributed by atoms with Crippen LogP contribution in [0.1, 0.15) is 19.4 Å². The molecule has 0 aliphatic rings. The molecule has 1 aromatic carbocycles. The topological polar surface area (TPSA) is 56.1 Å². The van der Waals surface area contributed by atoms with E-state index >= 15 is 0 Å². The van der Waals surface area contributed by atoms with Gasteiger partial charge in [0.05, 0.1) is 18.2 Å². The number of likely N-dealkylation sites (N-methyl/N-ethyl adjacent to an activating group) is 1. The normalized spacial score (nSPS) is 9.94. The van der Waals surface area contributed by atoms with Gasteiger partial charge in [-0.05, 0) is 30.2 Å². The van der Waals surface area contributed by atoms with Crippen LogP contribution in [0, 0.1) is 17.2 Å². The van der Waals surface area contributed by atoms with Crippen molar-refractivity contribution in [3.63, 3.8) is 0 Å². The van der Waals surface area contributed by atoms with Crippen LogP contribution in [0.2, 0.25) is 0 Å². The molecule has 0 saturated carbocycles. The minimum Gasteiger partial charge on any atom is -0.365 e. The number of benzene rings is 1. The maximum atomic E-state index is 11.6. The Balaban J connectivity index is 2.51. The quantitative estimate of drug-likeness (QED) is 0.860. The van der Waals surface area contributed by atoms with Crippen LogP contribution in [-0.2, 0) is 4.79 Å². The van der Waals surface area contributed by atoms with Crippen molar-refractivity contribution in [2.75, 3.05) is 25.0 Å². The SMILES string of the molecule is CC(C)CNC(=O)CN(C)c1ccc(C#N)cc1. The molecule has 96 valence electrons. The van der Waals surface area contributed by atoms with Crippen molar-refractivity contribution in [1.29, 1.82) is 5.26 Å². The maximum Gasteiger partial charge on any atom is 0.239 e. The zero-order chi connectivity index (χ0) is 13.5. The van der Waals surface area contributed by atoms with E-state index in [0.29, 0.717) is 24.6 Å². The minimum atomic E-state index is 0.00978. The standard InChI is InChI=1S/C14H19N3O/c1-11(2)9-16-14(18)10-17(3)13-6-4-12(8-15)5-7-13/h4-7,11H,9-10H2,1-3H3,(H,16,18). The molecular weight excluding hydrogens is 226 g/mol. The van der Waals surface area contributed by atoms with E-state index in [9.17, 15) is 4.79 Å². The third kappa shape index (κ3) is 4.46. The molecule has 4 nitrogen and oxygen atoms in total. The second kappa shape index (κ2) is 6.65. The fourth-order valence-corrected chi connectivity index (χ4v) is 1.47. The highest BCUT2D eigenvalue weighted by molar-refractivity contribution is 5.81. The zero-order valence-corrected chi connectivity index (χ0v) is 11.1. The highest BCUT2D eigenvalue weighted by Crippen LogP contribution is 2.12. The van der Waals surface area contributed by atoms with E-state index in [2.05, 4.69) is 25.2 Å². The summed E-state index contributed by atoms with van der Waals surface area (Å²) in [5.74, 6) is 0.463. The summed E-state index contributed by atoms with van der Waals surface area (Å²) < 4.78 is 0. The van der Waals surface area contributed by atoms with Crippen LogP contribution in [0.3, 0.4) is 0 Å². The van der Waals surface area contributed by atoms with Gasteiger partial charge in [-0.15, -0.1) is 0 Å². The van der Waals surface area contributed by atoms with Crippen LogP contribution in [0.5, 0.6) is 0 Å². The molecule has 18 heavy (non-hydrogen) atoms. The van der Waals surface area contributed by atoms with E-state index in [1.54, 1.807) is 12.1 Å². The van der Waals surface area contributed by atoms with Crippen molar-refractivity contribution in [1.82, 2.24) is 5.32 Å². The third-order valence-corrected chi connectivity index (χ3v) is 2.53. The van der Waals surface area contributed by atoms with Gasteiger partial charge in [0.2, 0.25) is 5.91 Å². The molecule has 0 aliphatic carbocycles. The van der Waals surface area contributed by atoms with E-state index < -0.39 is 0 Å². The fraction of sp³-hybridized carbons (Fsp3) is 0.429. The first-order valence-electron chi connectivity index (χ1n) is 6.01. The second-order valence-corrected chi connectivity index (χ2v) is 4.71. The van der Waals surface area contributed by atoms with Crippen molar-refractivity contribution in [2.45, 2.75) is 13.8 Å². The van der Waals surface area contributed by atoms with Crippen LogP contribution in [-0.4, -0.2) is 26.0 Å². The van der Waals surface area contributed by atoms with E-state index in [0.717, 1.165) is 5.69 Å². The van der Waals surface area contributed by atoms with Gasteiger partial charge in [0.25, 0.3) is 0 Å². The number of nitrogens with one attached hydrogen (secondary N) is 1. The molecule has 0 heterocycles. The molecule has 0 atom stereocenters. The monoisotopic (exact) mass is 245 g/mol. The predicted molar refractivity (Wildman–Crippen MR) is 72.3 cm³/mol. The molecule has 0 aliphatic heterocycles. The summed E-state index contributed by atoms with van der Waals surface area (Å²) >= 11 is 0. The maximum absolute atomic E-state index is 11.6. The van der Waals surface area contributed by atoms with E-state index in [-0.39, 0.29) is 5.91 Å². The smallest absolute Gasteiger partial charge is 0.239 e. The predicted octanol–water partition coefficient (Wildman–Crippen LogP) is 1.77. The van der Waals surface area contributed by atoms with Crippen molar-refractivity contribution >= 4 is 11.6 Å². The van der Waals surface area contributed by atoms with Gasteiger partial charge in [0.1, 0.15) is 0 Å². The fourth-order valence-electron chi connectivity index (χ4n) is 1.47. The first-order valence-corrected chi connectivity index (χ1v) is 6.01. The van der Waals surface area contributed by atoms with Gasteiger partial charge in [0.15, 0.2) is 0 Å². The van der Waals surface area contributed by atoms with Gasteiger partial charge in [-0.2, -0.15) is 5.26 Å². The second-order valence-electron chi connectivity index (χ2n) is 4.71. The number of nitrogens with zero attached hydrogens (tertiary/aromatic N) is 2. The molecule has 1 N–H and O–H groups in total. The Labute approximate surface area is 108 Å². The Hall–Kier alpha value is -2.02. The zero-order valence-electron chi connectivity index (χ0n) is 11.1.